The van der Waals surface area contributed by atoms with Crippen LogP contribution in [0.5, 0.6) is 0 Å². The predicted octanol–water partition coefficient (Wildman–Crippen LogP) is 2.83. The summed E-state index contributed by atoms with van der Waals surface area (Å²) in [4.78, 5) is 13.2. The second-order valence-electron chi connectivity index (χ2n) is 4.36. The van der Waals surface area contributed by atoms with Crippen LogP contribution in [0.2, 0.25) is 0 Å². The second kappa shape index (κ2) is 6.85. The molecule has 0 aromatic heterocycles. The number of halogens is 2. The average Bonchev–Trinajstić information content (AvgIpc) is 2.32. The van der Waals surface area contributed by atoms with E-state index in [1.54, 1.807) is 19.1 Å². The van der Waals surface area contributed by atoms with Crippen LogP contribution in [0, 0.1) is 11.7 Å². The van der Waals surface area contributed by atoms with Crippen molar-refractivity contribution in [3.8, 4) is 0 Å². The molecule has 0 fully saturated rings. The first-order chi connectivity index (χ1) is 8.43. The van der Waals surface area contributed by atoms with Crippen LogP contribution >= 0.6 is 15.9 Å². The molecule has 0 bridgehead atoms. The Kier molecular flexibility index (Phi) is 5.75. The fourth-order valence-electron chi connectivity index (χ4n) is 1.76. The summed E-state index contributed by atoms with van der Waals surface area (Å²) in [5.41, 5.74) is 0.601. The highest BCUT2D eigenvalue weighted by Crippen LogP contribution is 2.17. The highest BCUT2D eigenvalue weighted by molar-refractivity contribution is 9.10. The molecule has 1 unspecified atom stereocenters. The molecular weight excluding hydrogens is 301 g/mol. The summed E-state index contributed by atoms with van der Waals surface area (Å²) < 4.78 is 19.1. The zero-order chi connectivity index (χ0) is 13.7. The molecule has 0 N–H and O–H groups in total. The van der Waals surface area contributed by atoms with Crippen molar-refractivity contribution in [3.05, 3.63) is 34.1 Å². The number of nitrogens with zero attached hydrogens (tertiary/aromatic N) is 1. The summed E-state index contributed by atoms with van der Waals surface area (Å²) in [6, 6.07) is 4.83. The molecule has 0 radical (unpaired) electrons. The first kappa shape index (κ1) is 15.1. The number of hydrogen-bond donors (Lipinski definition) is 0. The van der Waals surface area contributed by atoms with E-state index in [0.29, 0.717) is 18.7 Å². The zero-order valence-corrected chi connectivity index (χ0v) is 12.3. The summed E-state index contributed by atoms with van der Waals surface area (Å²) in [6.07, 6.45) is 0. The zero-order valence-electron chi connectivity index (χ0n) is 10.7. The summed E-state index contributed by atoms with van der Waals surface area (Å²) in [5.74, 6) is -0.720. The van der Waals surface area contributed by atoms with Crippen LogP contribution in [0.25, 0.3) is 0 Å². The molecule has 5 heteroatoms. The van der Waals surface area contributed by atoms with Gasteiger partial charge in [0.1, 0.15) is 5.82 Å². The van der Waals surface area contributed by atoms with E-state index >= 15 is 0 Å². The second-order valence-corrected chi connectivity index (χ2v) is 5.27. The third-order valence-electron chi connectivity index (χ3n) is 2.64. The first-order valence-corrected chi connectivity index (χ1v) is 6.43. The summed E-state index contributed by atoms with van der Waals surface area (Å²) in [6.45, 7) is 2.77. The van der Waals surface area contributed by atoms with Gasteiger partial charge >= 0.3 is 5.97 Å². The van der Waals surface area contributed by atoms with Crippen molar-refractivity contribution in [2.24, 2.45) is 5.92 Å². The van der Waals surface area contributed by atoms with Gasteiger partial charge in [-0.1, -0.05) is 22.9 Å². The molecule has 1 aromatic carbocycles. The molecule has 0 aliphatic heterocycles. The number of ether oxygens (including phenoxy) is 1. The lowest BCUT2D eigenvalue weighted by Crippen LogP contribution is -2.29. The maximum absolute atomic E-state index is 13.6. The van der Waals surface area contributed by atoms with Crippen molar-refractivity contribution in [3.63, 3.8) is 0 Å². The van der Waals surface area contributed by atoms with Gasteiger partial charge < -0.3 is 9.64 Å². The molecule has 18 heavy (non-hydrogen) atoms. The maximum atomic E-state index is 13.6. The Morgan fingerprint density at radius 2 is 2.22 bits per heavy atom. The standard InChI is InChI=1S/C13H17BrFNO2/c1-9(13(17)18-3)7-16(2)8-10-6-11(14)4-5-12(10)15/h4-6,9H,7-8H2,1-3H3. The fraction of sp³-hybridized carbons (Fsp3) is 0.462. The van der Waals surface area contributed by atoms with Crippen LogP contribution in [-0.4, -0.2) is 31.6 Å². The lowest BCUT2D eigenvalue weighted by atomic mass is 10.1. The van der Waals surface area contributed by atoms with Gasteiger partial charge in [-0.15, -0.1) is 0 Å². The van der Waals surface area contributed by atoms with Gasteiger partial charge in [0.25, 0.3) is 0 Å². The van der Waals surface area contributed by atoms with Crippen LogP contribution < -0.4 is 0 Å². The normalized spacial score (nSPS) is 12.6. The Morgan fingerprint density at radius 3 is 2.83 bits per heavy atom. The molecule has 0 amide bonds. The van der Waals surface area contributed by atoms with Gasteiger partial charge in [-0.05, 0) is 25.2 Å². The van der Waals surface area contributed by atoms with Crippen LogP contribution in [0.1, 0.15) is 12.5 Å². The van der Waals surface area contributed by atoms with E-state index in [2.05, 4.69) is 20.7 Å². The van der Waals surface area contributed by atoms with Gasteiger partial charge in [0, 0.05) is 23.1 Å². The largest absolute Gasteiger partial charge is 0.469 e. The molecule has 1 rings (SSSR count). The molecular formula is C13H17BrFNO2. The molecule has 0 spiro atoms. The molecule has 0 heterocycles. The number of carbonyl (C=O) groups excluding carboxylic acids is 1. The molecule has 100 valence electrons. The number of carbonyl (C=O) groups is 1. The number of benzene rings is 1. The number of methoxy groups -OCH3 is 1. The highest BCUT2D eigenvalue weighted by Gasteiger charge is 2.16. The van der Waals surface area contributed by atoms with Gasteiger partial charge in [0.15, 0.2) is 0 Å². The Labute approximate surface area is 115 Å². The van der Waals surface area contributed by atoms with E-state index in [0.717, 1.165) is 4.47 Å². The van der Waals surface area contributed by atoms with Gasteiger partial charge in [0.2, 0.25) is 0 Å². The average molecular weight is 318 g/mol. The lowest BCUT2D eigenvalue weighted by molar-refractivity contribution is -0.145. The Balaban J connectivity index is 2.61. The van der Waals surface area contributed by atoms with E-state index in [1.165, 1.54) is 13.2 Å². The summed E-state index contributed by atoms with van der Waals surface area (Å²) in [5, 5.41) is 0. The SMILES string of the molecule is COC(=O)C(C)CN(C)Cc1cc(Br)ccc1F. The highest BCUT2D eigenvalue weighted by atomic mass is 79.9. The third-order valence-corrected chi connectivity index (χ3v) is 3.13. The van der Waals surface area contributed by atoms with E-state index in [-0.39, 0.29) is 17.7 Å². The van der Waals surface area contributed by atoms with Gasteiger partial charge in [0.05, 0.1) is 13.0 Å². The van der Waals surface area contributed by atoms with Crippen molar-refractivity contribution >= 4 is 21.9 Å². The topological polar surface area (TPSA) is 29.5 Å². The van der Waals surface area contributed by atoms with E-state index < -0.39 is 0 Å². The van der Waals surface area contributed by atoms with Crippen molar-refractivity contribution < 1.29 is 13.9 Å². The van der Waals surface area contributed by atoms with Crippen LogP contribution in [0.3, 0.4) is 0 Å². The monoisotopic (exact) mass is 317 g/mol. The Bertz CT molecular complexity index is 425. The molecule has 0 aliphatic carbocycles. The number of esters is 1. The predicted molar refractivity (Wildman–Crippen MR) is 71.6 cm³/mol. The number of rotatable bonds is 5. The van der Waals surface area contributed by atoms with Crippen LogP contribution in [0.4, 0.5) is 4.39 Å². The molecule has 0 saturated heterocycles. The number of hydrogen-bond acceptors (Lipinski definition) is 3. The van der Waals surface area contributed by atoms with Crippen molar-refractivity contribution in [2.75, 3.05) is 20.7 Å². The van der Waals surface area contributed by atoms with E-state index in [1.807, 2.05) is 11.9 Å². The van der Waals surface area contributed by atoms with Crippen molar-refractivity contribution in [2.45, 2.75) is 13.5 Å². The van der Waals surface area contributed by atoms with E-state index in [9.17, 15) is 9.18 Å². The van der Waals surface area contributed by atoms with Gasteiger partial charge in [-0.3, -0.25) is 4.79 Å². The third kappa shape index (κ3) is 4.38. The summed E-state index contributed by atoms with van der Waals surface area (Å²) in [7, 11) is 3.21. The first-order valence-electron chi connectivity index (χ1n) is 5.64. The van der Waals surface area contributed by atoms with Gasteiger partial charge in [-0.2, -0.15) is 0 Å². The van der Waals surface area contributed by atoms with E-state index in [4.69, 9.17) is 0 Å². The minimum atomic E-state index is -0.253. The molecule has 1 atom stereocenters. The van der Waals surface area contributed by atoms with Crippen LogP contribution in [0.15, 0.2) is 22.7 Å². The molecule has 0 aliphatic rings. The van der Waals surface area contributed by atoms with Gasteiger partial charge in [-0.25, -0.2) is 4.39 Å². The summed E-state index contributed by atoms with van der Waals surface area (Å²) >= 11 is 3.31. The minimum Gasteiger partial charge on any atom is -0.469 e. The Hall–Kier alpha value is -0.940. The Morgan fingerprint density at radius 1 is 1.56 bits per heavy atom. The van der Waals surface area contributed by atoms with Crippen LogP contribution in [-0.2, 0) is 16.1 Å². The van der Waals surface area contributed by atoms with Crippen molar-refractivity contribution in [1.82, 2.24) is 4.90 Å². The van der Waals surface area contributed by atoms with Crippen molar-refractivity contribution in [1.29, 1.82) is 0 Å². The minimum absolute atomic E-state index is 0.227. The quantitative estimate of drug-likeness (QED) is 0.782. The molecule has 1 aromatic rings. The molecule has 0 saturated carbocycles. The molecule has 3 nitrogen and oxygen atoms in total. The maximum Gasteiger partial charge on any atom is 0.309 e. The lowest BCUT2D eigenvalue weighted by Gasteiger charge is -2.20. The fourth-order valence-corrected chi connectivity index (χ4v) is 2.17. The smallest absolute Gasteiger partial charge is 0.309 e.